The summed E-state index contributed by atoms with van der Waals surface area (Å²) in [7, 11) is 0. The predicted molar refractivity (Wildman–Crippen MR) is 59.2 cm³/mol. The van der Waals surface area contributed by atoms with Crippen molar-refractivity contribution in [1.82, 2.24) is 4.98 Å². The van der Waals surface area contributed by atoms with Gasteiger partial charge in [-0.1, -0.05) is 15.9 Å². The van der Waals surface area contributed by atoms with Crippen LogP contribution in [0.2, 0.25) is 0 Å². The number of benzene rings is 1. The van der Waals surface area contributed by atoms with Gasteiger partial charge in [-0.05, 0) is 12.1 Å². The number of aromatic amines is 1. The Balaban J connectivity index is 2.99. The molecule has 0 saturated heterocycles. The molecule has 0 aliphatic heterocycles. The van der Waals surface area contributed by atoms with Gasteiger partial charge >= 0.3 is 5.97 Å². The summed E-state index contributed by atoms with van der Waals surface area (Å²) < 4.78 is 0.573. The first kappa shape index (κ1) is 9.92. The van der Waals surface area contributed by atoms with Crippen LogP contribution in [0.3, 0.4) is 0 Å². The SMILES string of the molecule is O=C(O)c1cc(Br)cc2c(=O)cc[nH]c12. The summed E-state index contributed by atoms with van der Waals surface area (Å²) in [4.78, 5) is 25.2. The number of fused-ring (bicyclic) bond motifs is 1. The third kappa shape index (κ3) is 1.66. The van der Waals surface area contributed by atoms with Crippen molar-refractivity contribution < 1.29 is 9.90 Å². The fourth-order valence-electron chi connectivity index (χ4n) is 1.42. The van der Waals surface area contributed by atoms with Crippen LogP contribution < -0.4 is 5.43 Å². The van der Waals surface area contributed by atoms with Gasteiger partial charge in [-0.2, -0.15) is 0 Å². The van der Waals surface area contributed by atoms with Crippen molar-refractivity contribution in [1.29, 1.82) is 0 Å². The molecule has 0 aliphatic rings. The molecule has 76 valence electrons. The average molecular weight is 268 g/mol. The molecule has 0 fully saturated rings. The summed E-state index contributed by atoms with van der Waals surface area (Å²) in [5, 5.41) is 9.32. The van der Waals surface area contributed by atoms with Gasteiger partial charge in [0.2, 0.25) is 0 Å². The lowest BCUT2D eigenvalue weighted by Gasteiger charge is -2.02. The molecule has 1 aromatic carbocycles. The molecule has 0 amide bonds. The Labute approximate surface area is 92.7 Å². The Morgan fingerprint density at radius 1 is 1.40 bits per heavy atom. The summed E-state index contributed by atoms with van der Waals surface area (Å²) in [6, 6.07) is 4.42. The third-order valence-corrected chi connectivity index (χ3v) is 2.52. The number of halogens is 1. The van der Waals surface area contributed by atoms with Gasteiger partial charge in [-0.3, -0.25) is 4.79 Å². The minimum absolute atomic E-state index is 0.0806. The van der Waals surface area contributed by atoms with Crippen LogP contribution in [0.5, 0.6) is 0 Å². The number of aromatic nitrogens is 1. The van der Waals surface area contributed by atoms with Crippen LogP contribution in [-0.4, -0.2) is 16.1 Å². The quantitative estimate of drug-likeness (QED) is 0.830. The Morgan fingerprint density at radius 2 is 2.13 bits per heavy atom. The second kappa shape index (κ2) is 3.51. The molecule has 0 spiro atoms. The molecule has 2 rings (SSSR count). The number of hydrogen-bond acceptors (Lipinski definition) is 2. The average Bonchev–Trinajstić information content (AvgIpc) is 2.18. The smallest absolute Gasteiger partial charge is 0.337 e. The molecular formula is C10H6BrNO3. The van der Waals surface area contributed by atoms with Gasteiger partial charge in [-0.25, -0.2) is 4.79 Å². The molecule has 0 saturated carbocycles. The van der Waals surface area contributed by atoms with Gasteiger partial charge in [0, 0.05) is 22.1 Å². The molecule has 2 aromatic rings. The monoisotopic (exact) mass is 267 g/mol. The molecule has 1 heterocycles. The summed E-state index contributed by atoms with van der Waals surface area (Å²) in [6.45, 7) is 0. The van der Waals surface area contributed by atoms with Crippen molar-refractivity contribution in [3.05, 3.63) is 44.7 Å². The van der Waals surface area contributed by atoms with E-state index in [-0.39, 0.29) is 11.0 Å². The van der Waals surface area contributed by atoms with Gasteiger partial charge in [0.15, 0.2) is 5.43 Å². The maximum Gasteiger partial charge on any atom is 0.337 e. The normalized spacial score (nSPS) is 10.5. The number of nitrogens with one attached hydrogen (secondary N) is 1. The van der Waals surface area contributed by atoms with Gasteiger partial charge in [0.1, 0.15) is 0 Å². The highest BCUT2D eigenvalue weighted by molar-refractivity contribution is 9.10. The second-order valence-corrected chi connectivity index (χ2v) is 3.94. The van der Waals surface area contributed by atoms with Gasteiger partial charge in [-0.15, -0.1) is 0 Å². The lowest BCUT2D eigenvalue weighted by atomic mass is 10.1. The minimum atomic E-state index is -1.07. The number of carboxylic acids is 1. The Hall–Kier alpha value is -1.62. The Bertz CT molecular complexity index is 603. The van der Waals surface area contributed by atoms with E-state index >= 15 is 0 Å². The van der Waals surface area contributed by atoms with Gasteiger partial charge < -0.3 is 10.1 Å². The van der Waals surface area contributed by atoms with E-state index in [0.29, 0.717) is 15.4 Å². The van der Waals surface area contributed by atoms with Crippen LogP contribution in [0, 0.1) is 0 Å². The fraction of sp³-hybridized carbons (Fsp3) is 0. The highest BCUT2D eigenvalue weighted by Gasteiger charge is 2.11. The van der Waals surface area contributed by atoms with Crippen LogP contribution in [0.25, 0.3) is 10.9 Å². The topological polar surface area (TPSA) is 70.2 Å². The van der Waals surface area contributed by atoms with Crippen LogP contribution in [0.15, 0.2) is 33.7 Å². The van der Waals surface area contributed by atoms with E-state index in [1.165, 1.54) is 18.3 Å². The maximum atomic E-state index is 11.5. The van der Waals surface area contributed by atoms with E-state index in [1.54, 1.807) is 6.07 Å². The Kier molecular flexibility index (Phi) is 2.32. The number of hydrogen-bond donors (Lipinski definition) is 2. The number of pyridine rings is 1. The molecule has 0 radical (unpaired) electrons. The molecule has 15 heavy (non-hydrogen) atoms. The van der Waals surface area contributed by atoms with Crippen LogP contribution in [0.1, 0.15) is 10.4 Å². The van der Waals surface area contributed by atoms with E-state index in [2.05, 4.69) is 20.9 Å². The molecule has 0 atom stereocenters. The van der Waals surface area contributed by atoms with E-state index in [9.17, 15) is 9.59 Å². The van der Waals surface area contributed by atoms with Crippen LogP contribution in [0.4, 0.5) is 0 Å². The van der Waals surface area contributed by atoms with Gasteiger partial charge in [0.25, 0.3) is 0 Å². The van der Waals surface area contributed by atoms with E-state index in [4.69, 9.17) is 5.11 Å². The predicted octanol–water partition coefficient (Wildman–Crippen LogP) is 1.99. The van der Waals surface area contributed by atoms with Crippen LogP contribution >= 0.6 is 15.9 Å². The molecule has 1 aromatic heterocycles. The summed E-state index contributed by atoms with van der Waals surface area (Å²) in [5.41, 5.74) is 0.225. The number of carbonyl (C=O) groups is 1. The number of aromatic carboxylic acids is 1. The van der Waals surface area contributed by atoms with E-state index < -0.39 is 5.97 Å². The van der Waals surface area contributed by atoms with Crippen molar-refractivity contribution in [3.63, 3.8) is 0 Å². The first-order chi connectivity index (χ1) is 7.09. The first-order valence-corrected chi connectivity index (χ1v) is 4.93. The first-order valence-electron chi connectivity index (χ1n) is 4.14. The van der Waals surface area contributed by atoms with Gasteiger partial charge in [0.05, 0.1) is 11.1 Å². The molecular weight excluding hydrogens is 262 g/mol. The number of H-pyrrole nitrogens is 1. The van der Waals surface area contributed by atoms with Crippen molar-refractivity contribution in [2.24, 2.45) is 0 Å². The largest absolute Gasteiger partial charge is 0.478 e. The number of rotatable bonds is 1. The minimum Gasteiger partial charge on any atom is -0.478 e. The fourth-order valence-corrected chi connectivity index (χ4v) is 1.87. The highest BCUT2D eigenvalue weighted by atomic mass is 79.9. The van der Waals surface area contributed by atoms with Crippen LogP contribution in [-0.2, 0) is 0 Å². The molecule has 0 aliphatic carbocycles. The highest BCUT2D eigenvalue weighted by Crippen LogP contribution is 2.20. The maximum absolute atomic E-state index is 11.5. The molecule has 2 N–H and O–H groups in total. The summed E-state index contributed by atoms with van der Waals surface area (Å²) in [5.74, 6) is -1.07. The zero-order chi connectivity index (χ0) is 11.0. The zero-order valence-electron chi connectivity index (χ0n) is 7.45. The number of carboxylic acid groups (broad SMARTS) is 1. The third-order valence-electron chi connectivity index (χ3n) is 2.06. The standard InChI is InChI=1S/C10H6BrNO3/c11-5-3-6-8(13)1-2-12-9(6)7(4-5)10(14)15/h1-4H,(H,12,13)(H,14,15). The van der Waals surface area contributed by atoms with Crippen molar-refractivity contribution in [3.8, 4) is 0 Å². The summed E-state index contributed by atoms with van der Waals surface area (Å²) >= 11 is 3.17. The van der Waals surface area contributed by atoms with Crippen molar-refractivity contribution in [2.75, 3.05) is 0 Å². The molecule has 4 nitrogen and oxygen atoms in total. The summed E-state index contributed by atoms with van der Waals surface area (Å²) in [6.07, 6.45) is 1.44. The van der Waals surface area contributed by atoms with Crippen molar-refractivity contribution in [2.45, 2.75) is 0 Å². The molecule has 0 unspecified atom stereocenters. The zero-order valence-corrected chi connectivity index (χ0v) is 9.04. The molecule has 5 heteroatoms. The van der Waals surface area contributed by atoms with Crippen molar-refractivity contribution >= 4 is 32.8 Å². The lowest BCUT2D eigenvalue weighted by Crippen LogP contribution is -2.05. The second-order valence-electron chi connectivity index (χ2n) is 3.02. The lowest BCUT2D eigenvalue weighted by molar-refractivity contribution is 0.0699. The van der Waals surface area contributed by atoms with E-state index in [1.807, 2.05) is 0 Å². The van der Waals surface area contributed by atoms with E-state index in [0.717, 1.165) is 0 Å². The molecule has 0 bridgehead atoms. The Morgan fingerprint density at radius 3 is 2.80 bits per heavy atom.